The minimum absolute atomic E-state index is 0.152. The van der Waals surface area contributed by atoms with Crippen LogP contribution in [-0.2, 0) is 11.3 Å². The normalized spacial score (nSPS) is 12.9. The summed E-state index contributed by atoms with van der Waals surface area (Å²) in [7, 11) is 0. The molecule has 0 saturated heterocycles. The van der Waals surface area contributed by atoms with Crippen molar-refractivity contribution in [2.45, 2.75) is 52.8 Å². The smallest absolute Gasteiger partial charge is 0.408 e. The molecule has 2 aromatic carbocycles. The largest absolute Gasteiger partial charge is 0.444 e. The Morgan fingerprint density at radius 1 is 1.07 bits per heavy atom. The Kier molecular flexibility index (Phi) is 5.73. The highest BCUT2D eigenvalue weighted by molar-refractivity contribution is 5.76. The summed E-state index contributed by atoms with van der Waals surface area (Å²) in [5, 5.41) is 3.03. The van der Waals surface area contributed by atoms with Gasteiger partial charge >= 0.3 is 6.09 Å². The highest BCUT2D eigenvalue weighted by atomic mass is 16.6. The lowest BCUT2D eigenvalue weighted by Gasteiger charge is -2.26. The van der Waals surface area contributed by atoms with Crippen LogP contribution in [0, 0.1) is 5.92 Å². The molecule has 0 aliphatic heterocycles. The third kappa shape index (κ3) is 4.71. The van der Waals surface area contributed by atoms with Crippen LogP contribution in [0.2, 0.25) is 0 Å². The van der Waals surface area contributed by atoms with Gasteiger partial charge in [-0.05, 0) is 44.4 Å². The van der Waals surface area contributed by atoms with Crippen molar-refractivity contribution in [3.8, 4) is 0 Å². The predicted molar refractivity (Wildman–Crippen MR) is 112 cm³/mol. The van der Waals surface area contributed by atoms with E-state index in [1.165, 1.54) is 5.56 Å². The molecule has 0 saturated carbocycles. The number of carbonyl (C=O) groups is 1. The second-order valence-electron chi connectivity index (χ2n) is 8.40. The van der Waals surface area contributed by atoms with Crippen LogP contribution in [0.3, 0.4) is 0 Å². The molecule has 0 aliphatic rings. The molecule has 1 N–H and O–H groups in total. The number of imidazole rings is 1. The average molecular weight is 380 g/mol. The van der Waals surface area contributed by atoms with Crippen molar-refractivity contribution in [2.24, 2.45) is 5.92 Å². The van der Waals surface area contributed by atoms with E-state index >= 15 is 0 Å². The van der Waals surface area contributed by atoms with Gasteiger partial charge in [-0.3, -0.25) is 0 Å². The summed E-state index contributed by atoms with van der Waals surface area (Å²) in [5.74, 6) is 0.991. The van der Waals surface area contributed by atoms with Gasteiger partial charge < -0.3 is 14.6 Å². The fraction of sp³-hybridized carbons (Fsp3) is 0.391. The lowest BCUT2D eigenvalue weighted by Crippen LogP contribution is -2.38. The molecule has 3 rings (SSSR count). The Hall–Kier alpha value is -2.82. The number of fused-ring (bicyclic) bond motifs is 1. The molecular weight excluding hydrogens is 350 g/mol. The van der Waals surface area contributed by atoms with Gasteiger partial charge in [0, 0.05) is 6.54 Å². The summed E-state index contributed by atoms with van der Waals surface area (Å²) in [5.41, 5.74) is 2.62. The predicted octanol–water partition coefficient (Wildman–Crippen LogP) is 5.31. The van der Waals surface area contributed by atoms with Crippen molar-refractivity contribution in [3.63, 3.8) is 0 Å². The third-order valence-electron chi connectivity index (χ3n) is 4.48. The second-order valence-corrected chi connectivity index (χ2v) is 8.40. The Bertz CT molecular complexity index is 939. The summed E-state index contributed by atoms with van der Waals surface area (Å²) < 4.78 is 7.67. The number of aromatic nitrogens is 2. The van der Waals surface area contributed by atoms with Crippen molar-refractivity contribution >= 4 is 17.1 Å². The molecule has 3 aromatic rings. The Morgan fingerprint density at radius 3 is 2.36 bits per heavy atom. The quantitative estimate of drug-likeness (QED) is 0.654. The zero-order chi connectivity index (χ0) is 20.3. The zero-order valence-electron chi connectivity index (χ0n) is 17.3. The first-order chi connectivity index (χ1) is 13.2. The fourth-order valence-electron chi connectivity index (χ4n) is 3.23. The van der Waals surface area contributed by atoms with E-state index in [2.05, 4.69) is 41.9 Å². The van der Waals surface area contributed by atoms with Crippen LogP contribution >= 0.6 is 0 Å². The maximum absolute atomic E-state index is 12.5. The van der Waals surface area contributed by atoms with Gasteiger partial charge in [-0.1, -0.05) is 56.3 Å². The molecule has 1 aromatic heterocycles. The summed E-state index contributed by atoms with van der Waals surface area (Å²) >= 11 is 0. The van der Waals surface area contributed by atoms with Crippen LogP contribution in [0.15, 0.2) is 54.6 Å². The van der Waals surface area contributed by atoms with Crippen LogP contribution in [0.4, 0.5) is 4.79 Å². The van der Waals surface area contributed by atoms with Gasteiger partial charge in [0.2, 0.25) is 0 Å². The van der Waals surface area contributed by atoms with E-state index in [4.69, 9.17) is 9.72 Å². The molecule has 0 radical (unpaired) electrons. The molecule has 5 heteroatoms. The van der Waals surface area contributed by atoms with Gasteiger partial charge in [0.1, 0.15) is 11.4 Å². The number of para-hydroxylation sites is 2. The highest BCUT2D eigenvalue weighted by Gasteiger charge is 2.27. The second kappa shape index (κ2) is 8.05. The maximum atomic E-state index is 12.5. The molecule has 1 amide bonds. The third-order valence-corrected chi connectivity index (χ3v) is 4.48. The molecule has 0 unspecified atom stereocenters. The fourth-order valence-corrected chi connectivity index (χ4v) is 3.23. The van der Waals surface area contributed by atoms with E-state index in [0.29, 0.717) is 6.54 Å². The highest BCUT2D eigenvalue weighted by Crippen LogP contribution is 2.27. The van der Waals surface area contributed by atoms with Gasteiger partial charge in [0.05, 0.1) is 17.1 Å². The number of rotatable bonds is 5. The lowest BCUT2D eigenvalue weighted by molar-refractivity contribution is 0.0485. The number of nitrogens with zero attached hydrogens (tertiary/aromatic N) is 2. The van der Waals surface area contributed by atoms with Crippen LogP contribution in [0.25, 0.3) is 11.0 Å². The van der Waals surface area contributed by atoms with Crippen LogP contribution in [0.5, 0.6) is 0 Å². The van der Waals surface area contributed by atoms with Crippen LogP contribution < -0.4 is 5.32 Å². The number of amides is 1. The van der Waals surface area contributed by atoms with Crippen LogP contribution in [-0.4, -0.2) is 21.2 Å². The van der Waals surface area contributed by atoms with Crippen molar-refractivity contribution in [2.75, 3.05) is 0 Å². The van der Waals surface area contributed by atoms with E-state index in [1.54, 1.807) is 0 Å². The SMILES string of the molecule is CC(C)[C@@H](NC(=O)OC(C)(C)C)c1nc2ccccc2n1Cc1ccccc1. The van der Waals surface area contributed by atoms with E-state index < -0.39 is 11.7 Å². The molecule has 0 aliphatic carbocycles. The van der Waals surface area contributed by atoms with E-state index in [-0.39, 0.29) is 12.0 Å². The number of hydrogen-bond acceptors (Lipinski definition) is 3. The molecule has 148 valence electrons. The zero-order valence-corrected chi connectivity index (χ0v) is 17.3. The Morgan fingerprint density at radius 2 is 1.71 bits per heavy atom. The van der Waals surface area contributed by atoms with E-state index in [1.807, 2.05) is 57.2 Å². The van der Waals surface area contributed by atoms with E-state index in [9.17, 15) is 4.79 Å². The van der Waals surface area contributed by atoms with Gasteiger partial charge in [-0.2, -0.15) is 0 Å². The van der Waals surface area contributed by atoms with Crippen molar-refractivity contribution in [1.82, 2.24) is 14.9 Å². The topological polar surface area (TPSA) is 56.1 Å². The number of benzene rings is 2. The molecule has 0 fully saturated rings. The molecule has 1 atom stereocenters. The first-order valence-electron chi connectivity index (χ1n) is 9.73. The van der Waals surface area contributed by atoms with Crippen LogP contribution in [0.1, 0.15) is 52.0 Å². The lowest BCUT2D eigenvalue weighted by atomic mass is 10.0. The summed E-state index contributed by atoms with van der Waals surface area (Å²) in [6.45, 7) is 10.4. The summed E-state index contributed by atoms with van der Waals surface area (Å²) in [6.07, 6.45) is -0.426. The van der Waals surface area contributed by atoms with Crippen molar-refractivity contribution in [3.05, 3.63) is 66.0 Å². The van der Waals surface area contributed by atoms with Crippen molar-refractivity contribution < 1.29 is 9.53 Å². The average Bonchev–Trinajstić information content (AvgIpc) is 2.97. The monoisotopic (exact) mass is 379 g/mol. The number of nitrogens with one attached hydrogen (secondary N) is 1. The standard InChI is InChI=1S/C23H29N3O2/c1-16(2)20(25-22(27)28-23(3,4)5)21-24-18-13-9-10-14-19(18)26(21)15-17-11-7-6-8-12-17/h6-14,16,20H,15H2,1-5H3,(H,25,27)/t20-/m1/s1. The number of carbonyl (C=O) groups excluding carboxylic acids is 1. The summed E-state index contributed by atoms with van der Waals surface area (Å²) in [6, 6.07) is 18.1. The number of ether oxygens (including phenoxy) is 1. The Balaban J connectivity index is 2.01. The van der Waals surface area contributed by atoms with Gasteiger partial charge in [0.25, 0.3) is 0 Å². The molecule has 1 heterocycles. The van der Waals surface area contributed by atoms with Gasteiger partial charge in [0.15, 0.2) is 0 Å². The molecule has 5 nitrogen and oxygen atoms in total. The first-order valence-corrected chi connectivity index (χ1v) is 9.73. The molecular formula is C23H29N3O2. The minimum Gasteiger partial charge on any atom is -0.444 e. The number of alkyl carbamates (subject to hydrolysis) is 1. The first kappa shape index (κ1) is 19.9. The number of hydrogen-bond donors (Lipinski definition) is 1. The van der Waals surface area contributed by atoms with Gasteiger partial charge in [-0.15, -0.1) is 0 Å². The summed E-state index contributed by atoms with van der Waals surface area (Å²) in [4.78, 5) is 17.3. The maximum Gasteiger partial charge on any atom is 0.408 e. The minimum atomic E-state index is -0.546. The van der Waals surface area contributed by atoms with E-state index in [0.717, 1.165) is 16.9 Å². The Labute approximate surface area is 166 Å². The molecule has 0 bridgehead atoms. The molecule has 28 heavy (non-hydrogen) atoms. The molecule has 0 spiro atoms. The van der Waals surface area contributed by atoms with Gasteiger partial charge in [-0.25, -0.2) is 9.78 Å². The van der Waals surface area contributed by atoms with Crippen molar-refractivity contribution in [1.29, 1.82) is 0 Å².